The molecule has 1 atom stereocenters. The molecule has 1 aromatic rings. The van der Waals surface area contributed by atoms with Gasteiger partial charge in [0, 0.05) is 11.6 Å². The lowest BCUT2D eigenvalue weighted by atomic mass is 10.1. The number of hydrogen-bond donors (Lipinski definition) is 1. The molecule has 94 valence electrons. The molecule has 0 saturated heterocycles. The Hall–Kier alpha value is -1.48. The van der Waals surface area contributed by atoms with Crippen molar-refractivity contribution in [2.45, 2.75) is 26.9 Å². The second-order valence-corrected chi connectivity index (χ2v) is 4.17. The van der Waals surface area contributed by atoms with Gasteiger partial charge >= 0.3 is 0 Å². The molecule has 0 saturated carbocycles. The summed E-state index contributed by atoms with van der Waals surface area (Å²) in [7, 11) is 1.61. The summed E-state index contributed by atoms with van der Waals surface area (Å²) in [6.45, 7) is 6.25. The highest BCUT2D eigenvalue weighted by molar-refractivity contribution is 5.41. The monoisotopic (exact) mass is 236 g/mol. The van der Waals surface area contributed by atoms with E-state index < -0.39 is 6.10 Å². The quantitative estimate of drug-likeness (QED) is 0.798. The van der Waals surface area contributed by atoms with E-state index in [-0.39, 0.29) is 0 Å². The van der Waals surface area contributed by atoms with Crippen molar-refractivity contribution < 1.29 is 14.6 Å². The summed E-state index contributed by atoms with van der Waals surface area (Å²) in [6, 6.07) is 5.43. The highest BCUT2D eigenvalue weighted by Crippen LogP contribution is 2.29. The van der Waals surface area contributed by atoms with Gasteiger partial charge < -0.3 is 14.6 Å². The minimum atomic E-state index is -0.553. The van der Waals surface area contributed by atoms with Crippen LogP contribution in [0, 0.1) is 0 Å². The van der Waals surface area contributed by atoms with Crippen LogP contribution in [0.15, 0.2) is 29.8 Å². The van der Waals surface area contributed by atoms with E-state index >= 15 is 0 Å². The van der Waals surface area contributed by atoms with Crippen LogP contribution in [-0.2, 0) is 0 Å². The third-order valence-corrected chi connectivity index (χ3v) is 2.40. The Labute approximate surface area is 103 Å². The van der Waals surface area contributed by atoms with Gasteiger partial charge in [0.05, 0.1) is 13.2 Å². The van der Waals surface area contributed by atoms with E-state index in [9.17, 15) is 5.11 Å². The van der Waals surface area contributed by atoms with Crippen LogP contribution in [-0.4, -0.2) is 18.8 Å². The lowest BCUT2D eigenvalue weighted by molar-refractivity contribution is 0.192. The third kappa shape index (κ3) is 4.11. The van der Waals surface area contributed by atoms with Crippen LogP contribution in [0.1, 0.15) is 32.4 Å². The van der Waals surface area contributed by atoms with Crippen LogP contribution < -0.4 is 9.47 Å². The fourth-order valence-corrected chi connectivity index (χ4v) is 1.41. The zero-order chi connectivity index (χ0) is 12.8. The Morgan fingerprint density at radius 3 is 2.65 bits per heavy atom. The first-order valence-electron chi connectivity index (χ1n) is 5.66. The molecule has 0 aliphatic heterocycles. The number of ether oxygens (including phenoxy) is 2. The van der Waals surface area contributed by atoms with Gasteiger partial charge in [0.15, 0.2) is 0 Å². The minimum Gasteiger partial charge on any atom is -0.497 e. The summed E-state index contributed by atoms with van der Waals surface area (Å²) in [6.07, 6.45) is 1.44. The smallest absolute Gasteiger partial charge is 0.129 e. The Morgan fingerprint density at radius 1 is 1.41 bits per heavy atom. The van der Waals surface area contributed by atoms with Gasteiger partial charge in [-0.05, 0) is 39.0 Å². The summed E-state index contributed by atoms with van der Waals surface area (Å²) in [5.41, 5.74) is 1.97. The summed E-state index contributed by atoms with van der Waals surface area (Å²) < 4.78 is 10.8. The third-order valence-electron chi connectivity index (χ3n) is 2.40. The molecule has 0 aliphatic carbocycles. The van der Waals surface area contributed by atoms with Crippen molar-refractivity contribution in [3.05, 3.63) is 35.4 Å². The van der Waals surface area contributed by atoms with E-state index in [0.29, 0.717) is 12.4 Å². The summed E-state index contributed by atoms with van der Waals surface area (Å²) in [4.78, 5) is 0. The molecule has 0 fully saturated rings. The molecule has 0 radical (unpaired) electrons. The lowest BCUT2D eigenvalue weighted by Crippen LogP contribution is -2.01. The molecular formula is C14H20O3. The Balaban J connectivity index is 2.89. The molecule has 0 aliphatic rings. The number of allylic oxidation sites excluding steroid dienone is 1. The Morgan fingerprint density at radius 2 is 2.12 bits per heavy atom. The van der Waals surface area contributed by atoms with Crippen LogP contribution in [0.4, 0.5) is 0 Å². The molecule has 3 nitrogen and oxygen atoms in total. The zero-order valence-corrected chi connectivity index (χ0v) is 10.9. The fourth-order valence-electron chi connectivity index (χ4n) is 1.41. The molecule has 1 N–H and O–H groups in total. The average Bonchev–Trinajstić information content (AvgIpc) is 2.28. The Bertz CT molecular complexity index is 390. The molecule has 0 aromatic heterocycles. The van der Waals surface area contributed by atoms with Crippen LogP contribution in [0.3, 0.4) is 0 Å². The molecule has 3 heteroatoms. The first kappa shape index (κ1) is 13.6. The number of methoxy groups -OCH3 is 1. The van der Waals surface area contributed by atoms with Gasteiger partial charge in [0.2, 0.25) is 0 Å². The maximum absolute atomic E-state index is 9.64. The van der Waals surface area contributed by atoms with E-state index in [1.165, 1.54) is 5.57 Å². The Kier molecular flexibility index (Phi) is 5.04. The molecule has 0 spiro atoms. The second-order valence-electron chi connectivity index (χ2n) is 4.17. The summed E-state index contributed by atoms with van der Waals surface area (Å²) in [5.74, 6) is 1.39. The first-order chi connectivity index (χ1) is 8.04. The van der Waals surface area contributed by atoms with Crippen LogP contribution in [0.25, 0.3) is 0 Å². The molecule has 17 heavy (non-hydrogen) atoms. The van der Waals surface area contributed by atoms with Crippen molar-refractivity contribution in [3.8, 4) is 11.5 Å². The minimum absolute atomic E-state index is 0.495. The van der Waals surface area contributed by atoms with Crippen molar-refractivity contribution in [1.29, 1.82) is 0 Å². The number of rotatable bonds is 5. The zero-order valence-electron chi connectivity index (χ0n) is 10.9. The van der Waals surface area contributed by atoms with E-state index in [0.717, 1.165) is 11.3 Å². The van der Waals surface area contributed by atoms with E-state index in [1.807, 2.05) is 32.1 Å². The predicted molar refractivity (Wildman–Crippen MR) is 68.6 cm³/mol. The predicted octanol–water partition coefficient (Wildman–Crippen LogP) is 3.09. The van der Waals surface area contributed by atoms with Crippen LogP contribution in [0.5, 0.6) is 11.5 Å². The maximum atomic E-state index is 9.64. The summed E-state index contributed by atoms with van der Waals surface area (Å²) in [5, 5.41) is 9.64. The molecule has 1 aromatic carbocycles. The van der Waals surface area contributed by atoms with Crippen molar-refractivity contribution in [1.82, 2.24) is 0 Å². The SMILES string of the molecule is COc1ccc([C@@H](C)O)c(OCC=C(C)C)c1. The summed E-state index contributed by atoms with van der Waals surface area (Å²) >= 11 is 0. The van der Waals surface area contributed by atoms with Gasteiger partial charge in [-0.3, -0.25) is 0 Å². The molecule has 0 heterocycles. The van der Waals surface area contributed by atoms with Gasteiger partial charge in [0.25, 0.3) is 0 Å². The van der Waals surface area contributed by atoms with Gasteiger partial charge in [-0.2, -0.15) is 0 Å². The van der Waals surface area contributed by atoms with Gasteiger partial charge in [-0.15, -0.1) is 0 Å². The number of benzene rings is 1. The largest absolute Gasteiger partial charge is 0.497 e. The lowest BCUT2D eigenvalue weighted by Gasteiger charge is -2.13. The molecule has 0 bridgehead atoms. The topological polar surface area (TPSA) is 38.7 Å². The van der Waals surface area contributed by atoms with Crippen molar-refractivity contribution in [2.24, 2.45) is 0 Å². The number of aliphatic hydroxyl groups is 1. The molecule has 0 unspecified atom stereocenters. The highest BCUT2D eigenvalue weighted by Gasteiger charge is 2.10. The fraction of sp³-hybridized carbons (Fsp3) is 0.429. The van der Waals surface area contributed by atoms with E-state index in [2.05, 4.69) is 0 Å². The van der Waals surface area contributed by atoms with Crippen molar-refractivity contribution in [2.75, 3.05) is 13.7 Å². The number of aliphatic hydroxyl groups excluding tert-OH is 1. The standard InChI is InChI=1S/C14H20O3/c1-10(2)7-8-17-14-9-12(16-4)5-6-13(14)11(3)15/h5-7,9,11,15H,8H2,1-4H3/t11-/m1/s1. The van der Waals surface area contributed by atoms with E-state index in [4.69, 9.17) is 9.47 Å². The highest BCUT2D eigenvalue weighted by atomic mass is 16.5. The number of hydrogen-bond acceptors (Lipinski definition) is 3. The molecule has 0 amide bonds. The molecule has 1 rings (SSSR count). The first-order valence-corrected chi connectivity index (χ1v) is 5.66. The molecular weight excluding hydrogens is 216 g/mol. The van der Waals surface area contributed by atoms with Gasteiger partial charge in [0.1, 0.15) is 18.1 Å². The maximum Gasteiger partial charge on any atom is 0.129 e. The van der Waals surface area contributed by atoms with Crippen molar-refractivity contribution in [3.63, 3.8) is 0 Å². The van der Waals surface area contributed by atoms with Crippen molar-refractivity contribution >= 4 is 0 Å². The second kappa shape index (κ2) is 6.30. The van der Waals surface area contributed by atoms with E-state index in [1.54, 1.807) is 20.1 Å². The van der Waals surface area contributed by atoms with Crippen LogP contribution >= 0.6 is 0 Å². The average molecular weight is 236 g/mol. The van der Waals surface area contributed by atoms with Gasteiger partial charge in [-0.1, -0.05) is 5.57 Å². The van der Waals surface area contributed by atoms with Gasteiger partial charge in [-0.25, -0.2) is 0 Å². The van der Waals surface area contributed by atoms with Crippen LogP contribution in [0.2, 0.25) is 0 Å². The normalized spacial score (nSPS) is 11.8.